The predicted octanol–water partition coefficient (Wildman–Crippen LogP) is 3.91. The lowest BCUT2D eigenvalue weighted by atomic mass is 10.1. The molecule has 2 aromatic rings. The minimum absolute atomic E-state index is 0.00923. The van der Waals surface area contributed by atoms with Crippen LogP contribution in [0.2, 0.25) is 0 Å². The lowest BCUT2D eigenvalue weighted by molar-refractivity contribution is -0.125. The van der Waals surface area contributed by atoms with E-state index in [2.05, 4.69) is 70.1 Å². The highest BCUT2D eigenvalue weighted by molar-refractivity contribution is 7.07. The van der Waals surface area contributed by atoms with E-state index in [1.165, 1.54) is 11.1 Å². The van der Waals surface area contributed by atoms with Crippen LogP contribution in [-0.2, 0) is 11.3 Å². The summed E-state index contributed by atoms with van der Waals surface area (Å²) in [7, 11) is 0. The SMILES string of the molecule is CCN(CC)C(CNC(=O)C1CCCN1Cc1ccccc1)c1ccsc1. The third-order valence-electron chi connectivity index (χ3n) is 5.55. The van der Waals surface area contributed by atoms with Gasteiger partial charge in [0.1, 0.15) is 0 Å². The van der Waals surface area contributed by atoms with Crippen LogP contribution >= 0.6 is 11.3 Å². The Bertz CT molecular complexity index is 685. The number of nitrogens with zero attached hydrogens (tertiary/aromatic N) is 2. The topological polar surface area (TPSA) is 35.6 Å². The van der Waals surface area contributed by atoms with E-state index in [9.17, 15) is 4.79 Å². The molecule has 1 N–H and O–H groups in total. The second-order valence-electron chi connectivity index (χ2n) is 7.15. The normalized spacial score (nSPS) is 18.7. The van der Waals surface area contributed by atoms with Crippen LogP contribution in [0.5, 0.6) is 0 Å². The van der Waals surface area contributed by atoms with Gasteiger partial charge in [0.25, 0.3) is 0 Å². The first kappa shape index (κ1) is 20.1. The number of likely N-dealkylation sites (N-methyl/N-ethyl adjacent to an activating group) is 1. The van der Waals surface area contributed by atoms with Crippen LogP contribution in [0.4, 0.5) is 0 Å². The molecule has 0 saturated carbocycles. The van der Waals surface area contributed by atoms with Crippen molar-refractivity contribution in [2.75, 3.05) is 26.2 Å². The molecule has 3 rings (SSSR count). The van der Waals surface area contributed by atoms with E-state index in [1.807, 2.05) is 6.07 Å². The van der Waals surface area contributed by atoms with E-state index in [0.717, 1.165) is 39.0 Å². The maximum absolute atomic E-state index is 13.0. The van der Waals surface area contributed by atoms with Gasteiger partial charge in [-0.1, -0.05) is 44.2 Å². The molecule has 0 radical (unpaired) electrons. The Morgan fingerprint density at radius 3 is 2.70 bits per heavy atom. The van der Waals surface area contributed by atoms with Gasteiger partial charge in [0, 0.05) is 13.1 Å². The van der Waals surface area contributed by atoms with Gasteiger partial charge in [-0.05, 0) is 60.4 Å². The van der Waals surface area contributed by atoms with E-state index in [4.69, 9.17) is 0 Å². The molecule has 1 aromatic carbocycles. The first-order valence-corrected chi connectivity index (χ1v) is 11.0. The molecular weight excluding hydrogens is 354 g/mol. The zero-order valence-corrected chi connectivity index (χ0v) is 17.3. The molecule has 2 heterocycles. The highest BCUT2D eigenvalue weighted by Crippen LogP contribution is 2.24. The van der Waals surface area contributed by atoms with Crippen molar-refractivity contribution in [3.8, 4) is 0 Å². The molecule has 2 atom stereocenters. The van der Waals surface area contributed by atoms with Gasteiger partial charge in [-0.15, -0.1) is 0 Å². The molecule has 1 aliphatic rings. The lowest BCUT2D eigenvalue weighted by Gasteiger charge is -2.30. The molecule has 27 heavy (non-hydrogen) atoms. The highest BCUT2D eigenvalue weighted by Gasteiger charge is 2.31. The summed E-state index contributed by atoms with van der Waals surface area (Å²) in [6.45, 7) is 8.85. The fourth-order valence-corrected chi connectivity index (χ4v) is 4.74. The Kier molecular flexibility index (Phi) is 7.44. The van der Waals surface area contributed by atoms with Gasteiger partial charge in [-0.3, -0.25) is 14.6 Å². The van der Waals surface area contributed by atoms with E-state index >= 15 is 0 Å². The number of rotatable bonds is 9. The lowest BCUT2D eigenvalue weighted by Crippen LogP contribution is -2.46. The third-order valence-corrected chi connectivity index (χ3v) is 6.25. The van der Waals surface area contributed by atoms with Gasteiger partial charge in [-0.2, -0.15) is 11.3 Å². The van der Waals surface area contributed by atoms with Gasteiger partial charge in [0.05, 0.1) is 12.1 Å². The molecule has 2 unspecified atom stereocenters. The van der Waals surface area contributed by atoms with E-state index in [1.54, 1.807) is 11.3 Å². The summed E-state index contributed by atoms with van der Waals surface area (Å²) in [5.41, 5.74) is 2.58. The molecule has 0 aliphatic carbocycles. The Hall–Kier alpha value is -1.69. The molecule has 1 aliphatic heterocycles. The van der Waals surface area contributed by atoms with Crippen molar-refractivity contribution in [3.05, 3.63) is 58.3 Å². The zero-order chi connectivity index (χ0) is 19.1. The van der Waals surface area contributed by atoms with Crippen molar-refractivity contribution in [1.82, 2.24) is 15.1 Å². The van der Waals surface area contributed by atoms with Crippen molar-refractivity contribution < 1.29 is 4.79 Å². The van der Waals surface area contributed by atoms with Crippen molar-refractivity contribution >= 4 is 17.2 Å². The van der Waals surface area contributed by atoms with Crippen molar-refractivity contribution in [2.45, 2.75) is 45.3 Å². The largest absolute Gasteiger partial charge is 0.353 e. The summed E-state index contributed by atoms with van der Waals surface area (Å²) < 4.78 is 0. The Balaban J connectivity index is 1.61. The predicted molar refractivity (Wildman–Crippen MR) is 113 cm³/mol. The number of nitrogens with one attached hydrogen (secondary N) is 1. The number of likely N-dealkylation sites (tertiary alicyclic amines) is 1. The molecule has 1 amide bonds. The quantitative estimate of drug-likeness (QED) is 0.711. The molecule has 1 fully saturated rings. The third kappa shape index (κ3) is 5.18. The number of amides is 1. The minimum Gasteiger partial charge on any atom is -0.353 e. The van der Waals surface area contributed by atoms with E-state index in [0.29, 0.717) is 6.54 Å². The number of hydrogen-bond acceptors (Lipinski definition) is 4. The minimum atomic E-state index is -0.00923. The molecule has 0 spiro atoms. The second kappa shape index (κ2) is 10.0. The Morgan fingerprint density at radius 1 is 1.26 bits per heavy atom. The maximum Gasteiger partial charge on any atom is 0.237 e. The van der Waals surface area contributed by atoms with Crippen LogP contribution in [0.1, 0.15) is 43.9 Å². The van der Waals surface area contributed by atoms with Crippen LogP contribution in [0.3, 0.4) is 0 Å². The average molecular weight is 386 g/mol. The number of carbonyl (C=O) groups is 1. The molecule has 1 aromatic heterocycles. The Labute approximate surface area is 167 Å². The number of benzene rings is 1. The smallest absolute Gasteiger partial charge is 0.237 e. The average Bonchev–Trinajstić information content (AvgIpc) is 3.38. The zero-order valence-electron chi connectivity index (χ0n) is 16.4. The van der Waals surface area contributed by atoms with Crippen molar-refractivity contribution in [2.24, 2.45) is 0 Å². The van der Waals surface area contributed by atoms with Crippen molar-refractivity contribution in [1.29, 1.82) is 0 Å². The molecular formula is C22H31N3OS. The molecule has 4 nitrogen and oxygen atoms in total. The summed E-state index contributed by atoms with van der Waals surface area (Å²) in [6, 6.07) is 12.9. The summed E-state index contributed by atoms with van der Waals surface area (Å²) in [4.78, 5) is 17.7. The first-order valence-electron chi connectivity index (χ1n) is 10.0. The Morgan fingerprint density at radius 2 is 2.04 bits per heavy atom. The standard InChI is InChI=1S/C22H31N3OS/c1-3-24(4-2)21(19-12-14-27-17-19)15-23-22(26)20-11-8-13-25(20)16-18-9-6-5-7-10-18/h5-7,9-10,12,14,17,20-21H,3-4,8,11,13,15-16H2,1-2H3,(H,23,26). The summed E-state index contributed by atoms with van der Waals surface area (Å²) in [6.07, 6.45) is 2.04. The van der Waals surface area contributed by atoms with Crippen LogP contribution in [0, 0.1) is 0 Å². The fraction of sp³-hybridized carbons (Fsp3) is 0.500. The monoisotopic (exact) mass is 385 g/mol. The maximum atomic E-state index is 13.0. The summed E-state index contributed by atoms with van der Waals surface area (Å²) >= 11 is 1.72. The van der Waals surface area contributed by atoms with Gasteiger partial charge in [-0.25, -0.2) is 0 Å². The van der Waals surface area contributed by atoms with Crippen LogP contribution in [0.25, 0.3) is 0 Å². The number of thiophene rings is 1. The molecule has 5 heteroatoms. The fourth-order valence-electron chi connectivity index (χ4n) is 4.03. The van der Waals surface area contributed by atoms with E-state index < -0.39 is 0 Å². The molecule has 146 valence electrons. The number of hydrogen-bond donors (Lipinski definition) is 1. The van der Waals surface area contributed by atoms with Crippen LogP contribution in [0.15, 0.2) is 47.2 Å². The first-order chi connectivity index (χ1) is 13.2. The van der Waals surface area contributed by atoms with Crippen molar-refractivity contribution in [3.63, 3.8) is 0 Å². The van der Waals surface area contributed by atoms with Gasteiger partial charge < -0.3 is 5.32 Å². The highest BCUT2D eigenvalue weighted by atomic mass is 32.1. The van der Waals surface area contributed by atoms with Crippen LogP contribution in [-0.4, -0.2) is 47.9 Å². The second-order valence-corrected chi connectivity index (χ2v) is 7.93. The molecule has 1 saturated heterocycles. The summed E-state index contributed by atoms with van der Waals surface area (Å²) in [5.74, 6) is 0.177. The van der Waals surface area contributed by atoms with Gasteiger partial charge in [0.15, 0.2) is 0 Å². The van der Waals surface area contributed by atoms with Crippen LogP contribution < -0.4 is 5.32 Å². The summed E-state index contributed by atoms with van der Waals surface area (Å²) in [5, 5.41) is 7.58. The molecule has 0 bridgehead atoms. The number of carbonyl (C=O) groups excluding carboxylic acids is 1. The van der Waals surface area contributed by atoms with Gasteiger partial charge >= 0.3 is 0 Å². The van der Waals surface area contributed by atoms with E-state index in [-0.39, 0.29) is 18.0 Å². The van der Waals surface area contributed by atoms with Gasteiger partial charge in [0.2, 0.25) is 5.91 Å².